The van der Waals surface area contributed by atoms with Crippen LogP contribution < -0.4 is 166 Å². The first-order chi connectivity index (χ1) is 25.4. The van der Waals surface area contributed by atoms with Crippen molar-refractivity contribution in [1.82, 2.24) is 34.2 Å². The number of aliphatic hydroxyl groups excluding tert-OH is 1. The number of H-pyrrole nitrogens is 1. The number of carboxylic acids is 2. The number of nitrogens with two attached hydrogens (primary N) is 2. The second kappa shape index (κ2) is 24.0. The summed E-state index contributed by atoms with van der Waals surface area (Å²) >= 11 is 0. The molecule has 5 rings (SSSR count). The molecule has 0 aliphatic carbocycles. The van der Waals surface area contributed by atoms with E-state index >= 15 is 0 Å². The first-order valence-corrected chi connectivity index (χ1v) is 18.7. The SMILES string of the molecule is CO[C@@H]1[C@H](O[P@](=O)(NCCCC(C(=O)[O-])C(=O)[O-])OC[C@@H]2C[C@@H](O)[C@H](n3ccc(N)nc3=O)O2)[C@@H](COP(=O)([O-])[O-])O[C@H]1n1cnc2c(=O)[nH]c(N)nc21.[Na+].[Na+].[Na+].[Na+]. The normalized spacial score (nSPS) is 23.9. The minimum atomic E-state index is -5.64. The number of carbonyl (C=O) groups is 2. The van der Waals surface area contributed by atoms with E-state index in [-0.39, 0.29) is 154 Å². The largest absolute Gasteiger partial charge is 1.00 e. The second-order valence-corrected chi connectivity index (χ2v) is 14.8. The maximum absolute atomic E-state index is 14.4. The molecular weight excluding hydrogens is 864 g/mol. The summed E-state index contributed by atoms with van der Waals surface area (Å²) in [6.45, 7) is -2.06. The van der Waals surface area contributed by atoms with E-state index in [2.05, 4.69) is 29.5 Å². The van der Waals surface area contributed by atoms with Crippen LogP contribution in [0.15, 0.2) is 28.2 Å². The molecule has 0 saturated carbocycles. The second-order valence-electron chi connectivity index (χ2n) is 11.9. The van der Waals surface area contributed by atoms with E-state index in [1.54, 1.807) is 0 Å². The smallest absolute Gasteiger partial charge is 0.790 e. The van der Waals surface area contributed by atoms with Gasteiger partial charge in [-0.25, -0.2) is 19.4 Å². The summed E-state index contributed by atoms with van der Waals surface area (Å²) in [6.07, 6.45) is -8.30. The summed E-state index contributed by atoms with van der Waals surface area (Å²) < 4.78 is 61.3. The number of methoxy groups -OCH3 is 1. The van der Waals surface area contributed by atoms with E-state index in [9.17, 15) is 53.4 Å². The number of carbonyl (C=O) groups excluding carboxylic acids is 2. The number of phosphoric acid groups is 1. The number of aliphatic hydroxyl groups is 1. The fraction of sp³-hybridized carbons (Fsp3) is 0.577. The van der Waals surface area contributed by atoms with Crippen LogP contribution in [-0.4, -0.2) is 104 Å². The minimum Gasteiger partial charge on any atom is -0.790 e. The van der Waals surface area contributed by atoms with Gasteiger partial charge in [-0.15, -0.1) is 0 Å². The van der Waals surface area contributed by atoms with Gasteiger partial charge in [-0.3, -0.25) is 28.0 Å². The van der Waals surface area contributed by atoms with Gasteiger partial charge in [-0.1, -0.05) is 0 Å². The Balaban J connectivity index is 0.00000420. The number of nitrogens with zero attached hydrogens (tertiary/aromatic N) is 5. The third-order valence-corrected chi connectivity index (χ3v) is 10.3. The summed E-state index contributed by atoms with van der Waals surface area (Å²) in [5.41, 5.74) is 9.34. The number of aliphatic carboxylic acids is 2. The average molecular weight is 898 g/mol. The number of rotatable bonds is 18. The number of carboxylic acid groups (broad SMARTS) is 2. The summed E-state index contributed by atoms with van der Waals surface area (Å²) in [5.74, 6) is -6.27. The Morgan fingerprint density at radius 1 is 1.03 bits per heavy atom. The van der Waals surface area contributed by atoms with E-state index < -0.39 is 114 Å². The zero-order chi connectivity index (χ0) is 39.5. The van der Waals surface area contributed by atoms with Crippen LogP contribution in [0.3, 0.4) is 0 Å². The van der Waals surface area contributed by atoms with Gasteiger partial charge >= 0.3 is 132 Å². The summed E-state index contributed by atoms with van der Waals surface area (Å²) in [6, 6.07) is 1.29. The van der Waals surface area contributed by atoms with Crippen molar-refractivity contribution in [2.75, 3.05) is 38.3 Å². The molecule has 5 heterocycles. The summed E-state index contributed by atoms with van der Waals surface area (Å²) in [4.78, 5) is 84.0. The van der Waals surface area contributed by atoms with Crippen molar-refractivity contribution in [3.63, 3.8) is 0 Å². The number of fused-ring (bicyclic) bond motifs is 1. The molecule has 8 atom stereocenters. The number of aromatic nitrogens is 6. The molecule has 0 spiro atoms. The molecule has 0 radical (unpaired) electrons. The van der Waals surface area contributed by atoms with E-state index in [4.69, 9.17) is 34.7 Å². The van der Waals surface area contributed by atoms with Gasteiger partial charge in [-0.05, 0) is 18.9 Å². The van der Waals surface area contributed by atoms with Crippen molar-refractivity contribution >= 4 is 50.4 Å². The Bertz CT molecular complexity index is 2060. The number of ether oxygens (including phenoxy) is 3. The van der Waals surface area contributed by atoms with Crippen LogP contribution >= 0.6 is 15.6 Å². The van der Waals surface area contributed by atoms with E-state index in [0.29, 0.717) is 0 Å². The molecule has 0 aromatic carbocycles. The molecule has 3 aromatic rings. The zero-order valence-corrected chi connectivity index (χ0v) is 41.6. The van der Waals surface area contributed by atoms with E-state index in [1.807, 2.05) is 0 Å². The van der Waals surface area contributed by atoms with Crippen molar-refractivity contribution in [1.29, 1.82) is 0 Å². The third-order valence-electron chi connectivity index (χ3n) is 8.21. The van der Waals surface area contributed by atoms with E-state index in [1.165, 1.54) is 16.8 Å². The molecular formula is C26H33N9Na4O17P2. The van der Waals surface area contributed by atoms with Crippen LogP contribution in [0.25, 0.3) is 11.2 Å². The molecule has 2 fully saturated rings. The Hall–Kier alpha value is -0.170. The first-order valence-electron chi connectivity index (χ1n) is 15.7. The van der Waals surface area contributed by atoms with Crippen molar-refractivity contribution < 1.29 is 190 Å². The monoisotopic (exact) mass is 897 g/mol. The standard InChI is InChI=1S/C26H37N9O17P2.4Na/c1-47-18-17(14(9-49-54(44,45)46)51-22(18)35-10-29-16-19(35)32-25(28)33-20(16)37)52-53(43,30-5-2-3-12(23(38)39)24(40)41)48-8-11-7-13(36)21(50-11)34-6-4-15(27)31-26(34)42;;;;/h4,6,10-14,17-18,21-22,36H,2-3,5,7-9H2,1H3,(H,30,43)(H,38,39)(H,40,41)(H2,27,31,42)(H2,44,45,46)(H3,28,32,33,37);;;;/q;4*+1/p-4/t11-,13+,14+,17+,18+,21+,22+,53-;;;;/m0..../s1. The molecule has 26 nitrogen and oxygen atoms in total. The molecule has 298 valence electrons. The van der Waals surface area contributed by atoms with Crippen LogP contribution in [-0.2, 0) is 46.5 Å². The predicted molar refractivity (Wildman–Crippen MR) is 167 cm³/mol. The molecule has 58 heavy (non-hydrogen) atoms. The van der Waals surface area contributed by atoms with E-state index in [0.717, 1.165) is 18.0 Å². The molecule has 3 aromatic heterocycles. The van der Waals surface area contributed by atoms with Gasteiger partial charge in [0.25, 0.3) is 5.56 Å². The topological polar surface area (TPSA) is 399 Å². The van der Waals surface area contributed by atoms with Crippen LogP contribution in [0.1, 0.15) is 31.7 Å². The van der Waals surface area contributed by atoms with Crippen molar-refractivity contribution in [2.45, 2.75) is 62.2 Å². The number of hydrogen-bond acceptors (Lipinski definition) is 22. The zero-order valence-electron chi connectivity index (χ0n) is 31.9. The molecule has 0 amide bonds. The molecule has 2 aliphatic rings. The maximum atomic E-state index is 14.4. The fourth-order valence-corrected chi connectivity index (χ4v) is 7.68. The van der Waals surface area contributed by atoms with Crippen molar-refractivity contribution in [3.05, 3.63) is 39.4 Å². The number of hydrogen-bond donors (Lipinski definition) is 5. The van der Waals surface area contributed by atoms with Gasteiger partial charge in [0.1, 0.15) is 30.2 Å². The van der Waals surface area contributed by atoms with Crippen molar-refractivity contribution in [3.8, 4) is 0 Å². The van der Waals surface area contributed by atoms with Crippen LogP contribution in [0.5, 0.6) is 0 Å². The van der Waals surface area contributed by atoms with Gasteiger partial charge in [0.05, 0.1) is 45.4 Å². The molecule has 0 bridgehead atoms. The van der Waals surface area contributed by atoms with Crippen LogP contribution in [0.2, 0.25) is 0 Å². The first kappa shape index (κ1) is 55.8. The summed E-state index contributed by atoms with van der Waals surface area (Å²) in [5, 5.41) is 35.5. The Kier molecular flexibility index (Phi) is 23.2. The van der Waals surface area contributed by atoms with Gasteiger partial charge in [0.15, 0.2) is 23.6 Å². The van der Waals surface area contributed by atoms with Gasteiger partial charge in [0.2, 0.25) is 5.95 Å². The Labute approximate surface area is 415 Å². The number of anilines is 2. The number of aromatic amines is 1. The number of phosphoric ester groups is 1. The Morgan fingerprint density at radius 2 is 1.71 bits per heavy atom. The third kappa shape index (κ3) is 14.2. The number of imidazole rings is 1. The quantitative estimate of drug-likeness (QED) is 0.0342. The van der Waals surface area contributed by atoms with Crippen LogP contribution in [0, 0.1) is 5.92 Å². The molecule has 0 unspecified atom stereocenters. The number of nitrogens with one attached hydrogen (secondary N) is 2. The molecule has 2 saturated heterocycles. The van der Waals surface area contributed by atoms with Gasteiger partial charge < -0.3 is 69.5 Å². The number of nitrogen functional groups attached to an aromatic ring is 2. The predicted octanol–water partition coefficient (Wildman–Crippen LogP) is -18.0. The molecule has 32 heteroatoms. The summed E-state index contributed by atoms with van der Waals surface area (Å²) in [7, 11) is -9.25. The fourth-order valence-electron chi connectivity index (χ4n) is 5.75. The maximum Gasteiger partial charge on any atom is 1.00 e. The Morgan fingerprint density at radius 3 is 2.31 bits per heavy atom. The van der Waals surface area contributed by atoms with Gasteiger partial charge in [0, 0.05) is 32.2 Å². The molecule has 7 N–H and O–H groups in total. The van der Waals surface area contributed by atoms with Crippen molar-refractivity contribution in [2.24, 2.45) is 5.92 Å². The minimum absolute atomic E-state index is 0. The molecule has 2 aliphatic heterocycles. The van der Waals surface area contributed by atoms with Gasteiger partial charge in [-0.2, -0.15) is 9.97 Å². The van der Waals surface area contributed by atoms with Crippen LogP contribution in [0.4, 0.5) is 11.8 Å². The average Bonchev–Trinajstić information content (AvgIpc) is 3.76.